The van der Waals surface area contributed by atoms with Crippen molar-refractivity contribution >= 4 is 40.3 Å². The third-order valence-corrected chi connectivity index (χ3v) is 7.41. The highest BCUT2D eigenvalue weighted by molar-refractivity contribution is 5.92. The number of pyridine rings is 1. The van der Waals surface area contributed by atoms with Gasteiger partial charge in [-0.25, -0.2) is 14.8 Å². The summed E-state index contributed by atoms with van der Waals surface area (Å²) in [6.07, 6.45) is 11.7. The van der Waals surface area contributed by atoms with Gasteiger partial charge in [-0.2, -0.15) is 4.98 Å². The van der Waals surface area contributed by atoms with Crippen molar-refractivity contribution in [3.05, 3.63) is 42.1 Å². The van der Waals surface area contributed by atoms with Crippen LogP contribution in [-0.2, 0) is 4.74 Å². The number of piperazine rings is 1. The van der Waals surface area contributed by atoms with Crippen molar-refractivity contribution < 1.29 is 9.53 Å². The number of anilines is 4. The average Bonchev–Trinajstić information content (AvgIpc) is 3.58. The number of benzene rings is 1. The van der Waals surface area contributed by atoms with Gasteiger partial charge >= 0.3 is 6.09 Å². The van der Waals surface area contributed by atoms with E-state index in [1.165, 1.54) is 18.5 Å². The van der Waals surface area contributed by atoms with Crippen molar-refractivity contribution in [1.29, 1.82) is 0 Å². The predicted molar refractivity (Wildman–Crippen MR) is 140 cm³/mol. The van der Waals surface area contributed by atoms with E-state index in [0.29, 0.717) is 40.9 Å². The molecule has 9 nitrogen and oxygen atoms in total. The number of amides is 1. The van der Waals surface area contributed by atoms with Gasteiger partial charge in [-0.1, -0.05) is 18.8 Å². The summed E-state index contributed by atoms with van der Waals surface area (Å²) in [4.78, 5) is 30.6. The lowest BCUT2D eigenvalue weighted by Gasteiger charge is -2.29. The molecule has 1 aliphatic carbocycles. The Labute approximate surface area is 210 Å². The Bertz CT molecular complexity index is 1310. The molecule has 2 aliphatic heterocycles. The highest BCUT2D eigenvalue weighted by Crippen LogP contribution is 2.36. The normalized spacial score (nSPS) is 20.5. The van der Waals surface area contributed by atoms with E-state index in [-0.39, 0.29) is 12.1 Å². The second-order valence-electron chi connectivity index (χ2n) is 9.57. The van der Waals surface area contributed by atoms with Crippen LogP contribution >= 0.6 is 0 Å². The van der Waals surface area contributed by atoms with E-state index in [1.807, 2.05) is 12.1 Å². The summed E-state index contributed by atoms with van der Waals surface area (Å²) >= 11 is 0. The smallest absolute Gasteiger partial charge is 0.415 e. The maximum absolute atomic E-state index is 12.7. The van der Waals surface area contributed by atoms with Gasteiger partial charge in [0.2, 0.25) is 5.95 Å². The van der Waals surface area contributed by atoms with E-state index < -0.39 is 0 Å². The average molecular weight is 484 g/mol. The quantitative estimate of drug-likeness (QED) is 0.531. The molecule has 0 bridgehead atoms. The summed E-state index contributed by atoms with van der Waals surface area (Å²) < 4.78 is 5.43. The largest absolute Gasteiger partial charge is 0.447 e. The number of hydrogen-bond donors (Lipinski definition) is 2. The number of carbonyl (C=O) groups is 1. The van der Waals surface area contributed by atoms with Gasteiger partial charge in [-0.05, 0) is 49.1 Å². The SMILES string of the molecule is C#Cc1cc(N2C(=O)OCC2C2CCCC2)nc2nc(Nc3ccc(N4CCNCC4)cc3)ncc12. The lowest BCUT2D eigenvalue weighted by Crippen LogP contribution is -2.43. The molecule has 1 aromatic carbocycles. The monoisotopic (exact) mass is 483 g/mol. The molecule has 1 saturated carbocycles. The summed E-state index contributed by atoms with van der Waals surface area (Å²) in [7, 11) is 0. The van der Waals surface area contributed by atoms with Gasteiger partial charge < -0.3 is 20.3 Å². The minimum atomic E-state index is -0.376. The van der Waals surface area contributed by atoms with E-state index >= 15 is 0 Å². The fourth-order valence-corrected chi connectivity index (χ4v) is 5.50. The Hall–Kier alpha value is -3.90. The van der Waals surface area contributed by atoms with E-state index in [9.17, 15) is 4.79 Å². The van der Waals surface area contributed by atoms with Crippen LogP contribution in [0.3, 0.4) is 0 Å². The zero-order valence-electron chi connectivity index (χ0n) is 20.1. The Morgan fingerprint density at radius 2 is 1.89 bits per heavy atom. The molecule has 0 radical (unpaired) electrons. The minimum absolute atomic E-state index is 0.0239. The first-order chi connectivity index (χ1) is 17.7. The Balaban J connectivity index is 1.28. The molecular weight excluding hydrogens is 454 g/mol. The Kier molecular flexibility index (Phi) is 6.03. The zero-order valence-corrected chi connectivity index (χ0v) is 20.1. The lowest BCUT2D eigenvalue weighted by atomic mass is 9.98. The van der Waals surface area contributed by atoms with Crippen LogP contribution in [0.25, 0.3) is 11.0 Å². The third kappa shape index (κ3) is 4.29. The van der Waals surface area contributed by atoms with Crippen LogP contribution in [0.5, 0.6) is 0 Å². The molecule has 1 unspecified atom stereocenters. The van der Waals surface area contributed by atoms with E-state index in [2.05, 4.69) is 43.6 Å². The van der Waals surface area contributed by atoms with Crippen LogP contribution in [-0.4, -0.2) is 59.9 Å². The number of carbonyl (C=O) groups excluding carboxylic acids is 1. The predicted octanol–water partition coefficient (Wildman–Crippen LogP) is 3.67. The molecule has 9 heteroatoms. The van der Waals surface area contributed by atoms with Gasteiger partial charge in [0.05, 0.1) is 11.4 Å². The van der Waals surface area contributed by atoms with E-state index in [1.54, 1.807) is 17.2 Å². The van der Waals surface area contributed by atoms with Crippen LogP contribution in [0, 0.1) is 18.3 Å². The van der Waals surface area contributed by atoms with Crippen LogP contribution in [0.1, 0.15) is 31.2 Å². The van der Waals surface area contributed by atoms with Crippen molar-refractivity contribution in [2.75, 3.05) is 47.9 Å². The van der Waals surface area contributed by atoms with E-state index in [4.69, 9.17) is 16.1 Å². The van der Waals surface area contributed by atoms with Crippen LogP contribution in [0.2, 0.25) is 0 Å². The molecule has 3 fully saturated rings. The van der Waals surface area contributed by atoms with Crippen LogP contribution < -0.4 is 20.4 Å². The highest BCUT2D eigenvalue weighted by atomic mass is 16.6. The molecule has 2 N–H and O–H groups in total. The number of cyclic esters (lactones) is 1. The number of nitrogens with one attached hydrogen (secondary N) is 2. The maximum atomic E-state index is 12.7. The highest BCUT2D eigenvalue weighted by Gasteiger charge is 2.41. The van der Waals surface area contributed by atoms with Crippen molar-refractivity contribution in [3.8, 4) is 12.3 Å². The molecule has 184 valence electrons. The van der Waals surface area contributed by atoms with Gasteiger partial charge in [0, 0.05) is 49.3 Å². The maximum Gasteiger partial charge on any atom is 0.415 e. The number of fused-ring (bicyclic) bond motifs is 1. The van der Waals surface area contributed by atoms with Crippen molar-refractivity contribution in [2.45, 2.75) is 31.7 Å². The van der Waals surface area contributed by atoms with Gasteiger partial charge in [-0.3, -0.25) is 4.90 Å². The summed E-state index contributed by atoms with van der Waals surface area (Å²) in [5, 5.41) is 7.31. The van der Waals surface area contributed by atoms with Crippen molar-refractivity contribution in [3.63, 3.8) is 0 Å². The van der Waals surface area contributed by atoms with Gasteiger partial charge in [0.1, 0.15) is 12.4 Å². The third-order valence-electron chi connectivity index (χ3n) is 7.41. The summed E-state index contributed by atoms with van der Waals surface area (Å²) in [5.74, 6) is 4.03. The van der Waals surface area contributed by atoms with E-state index in [0.717, 1.165) is 44.7 Å². The van der Waals surface area contributed by atoms with Crippen LogP contribution in [0.4, 0.5) is 27.9 Å². The van der Waals surface area contributed by atoms with Gasteiger partial charge in [0.25, 0.3) is 0 Å². The van der Waals surface area contributed by atoms with Crippen LogP contribution in [0.15, 0.2) is 36.5 Å². The number of terminal acetylenes is 1. The molecular formula is C27H29N7O2. The first kappa shape index (κ1) is 22.6. The van der Waals surface area contributed by atoms with Gasteiger partial charge in [0.15, 0.2) is 5.65 Å². The number of rotatable bonds is 5. The molecule has 1 amide bonds. The first-order valence-corrected chi connectivity index (χ1v) is 12.6. The Morgan fingerprint density at radius 1 is 1.11 bits per heavy atom. The topological polar surface area (TPSA) is 95.5 Å². The molecule has 3 aliphatic rings. The number of hydrogen-bond acceptors (Lipinski definition) is 8. The van der Waals surface area contributed by atoms with Gasteiger partial charge in [-0.15, -0.1) is 6.42 Å². The molecule has 1 atom stereocenters. The molecule has 0 spiro atoms. The summed E-state index contributed by atoms with van der Waals surface area (Å²) in [5.41, 5.74) is 3.12. The fraction of sp³-hybridized carbons (Fsp3) is 0.407. The van der Waals surface area contributed by atoms with Crippen molar-refractivity contribution in [1.82, 2.24) is 20.3 Å². The molecule has 36 heavy (non-hydrogen) atoms. The van der Waals surface area contributed by atoms with Crippen molar-refractivity contribution in [2.24, 2.45) is 5.92 Å². The molecule has 2 aromatic heterocycles. The second-order valence-corrected chi connectivity index (χ2v) is 9.57. The molecule has 2 saturated heterocycles. The molecule has 3 aromatic rings. The summed E-state index contributed by atoms with van der Waals surface area (Å²) in [6.45, 7) is 4.37. The number of aromatic nitrogens is 3. The zero-order chi connectivity index (χ0) is 24.5. The fourth-order valence-electron chi connectivity index (χ4n) is 5.50. The number of ether oxygens (including phenoxy) is 1. The minimum Gasteiger partial charge on any atom is -0.447 e. The lowest BCUT2D eigenvalue weighted by molar-refractivity contribution is 0.176. The molecule has 6 rings (SSSR count). The number of nitrogens with zero attached hydrogens (tertiary/aromatic N) is 5. The summed E-state index contributed by atoms with van der Waals surface area (Å²) in [6, 6.07) is 9.99. The second kappa shape index (κ2) is 9.63. The molecule has 4 heterocycles. The first-order valence-electron chi connectivity index (χ1n) is 12.6. The standard InChI is InChI=1S/C27H29N7O2/c1-2-18-15-24(34-23(17-36-27(34)35)19-5-3-4-6-19)31-25-22(18)16-29-26(32-25)30-20-7-9-21(10-8-20)33-13-11-28-12-14-33/h1,7-10,15-16,19,23,28H,3-6,11-14,17H2,(H,29,30,31,32). The Morgan fingerprint density at radius 3 is 2.64 bits per heavy atom.